The van der Waals surface area contributed by atoms with Crippen molar-refractivity contribution in [2.75, 3.05) is 6.54 Å². The normalized spacial score (nSPS) is 10.8. The zero-order valence-electron chi connectivity index (χ0n) is 9.08. The molecule has 1 aromatic heterocycles. The maximum atomic E-state index is 5.92. The molecular weight excluding hydrogens is 259 g/mol. The van der Waals surface area contributed by atoms with Gasteiger partial charge in [0.25, 0.3) is 0 Å². The van der Waals surface area contributed by atoms with E-state index in [9.17, 15) is 0 Å². The molecule has 90 valence electrons. The van der Waals surface area contributed by atoms with E-state index in [2.05, 4.69) is 15.2 Å². The van der Waals surface area contributed by atoms with Gasteiger partial charge in [0.2, 0.25) is 0 Å². The number of nitrogens with two attached hydrogens (primary N) is 1. The number of H-pyrrole nitrogens is 1. The average molecular weight is 271 g/mol. The maximum Gasteiger partial charge on any atom is 0.151 e. The Hall–Kier alpha value is -1.10. The molecule has 4 nitrogen and oxygen atoms in total. The van der Waals surface area contributed by atoms with Crippen LogP contribution < -0.4 is 5.73 Å². The summed E-state index contributed by atoms with van der Waals surface area (Å²) in [6, 6.07) is 5.42. The minimum absolute atomic E-state index is 0.542. The molecule has 0 saturated heterocycles. The number of rotatable bonds is 4. The number of benzene rings is 1. The summed E-state index contributed by atoms with van der Waals surface area (Å²) in [5.41, 5.74) is 6.43. The van der Waals surface area contributed by atoms with Gasteiger partial charge in [-0.2, -0.15) is 5.10 Å². The summed E-state index contributed by atoms with van der Waals surface area (Å²) in [6.07, 6.45) is 1.30. The lowest BCUT2D eigenvalue weighted by atomic mass is 10.1. The first-order valence-corrected chi connectivity index (χ1v) is 5.98. The summed E-state index contributed by atoms with van der Waals surface area (Å²) >= 11 is 11.8. The highest BCUT2D eigenvalue weighted by Crippen LogP contribution is 2.20. The van der Waals surface area contributed by atoms with Crippen molar-refractivity contribution >= 4 is 23.2 Å². The molecule has 0 bridgehead atoms. The molecule has 17 heavy (non-hydrogen) atoms. The van der Waals surface area contributed by atoms with Crippen LogP contribution in [0.2, 0.25) is 10.0 Å². The predicted molar refractivity (Wildman–Crippen MR) is 68.4 cm³/mol. The van der Waals surface area contributed by atoms with Crippen molar-refractivity contribution in [1.82, 2.24) is 15.2 Å². The van der Waals surface area contributed by atoms with Gasteiger partial charge in [-0.15, -0.1) is 0 Å². The van der Waals surface area contributed by atoms with Crippen molar-refractivity contribution in [3.8, 4) is 0 Å². The summed E-state index contributed by atoms with van der Waals surface area (Å²) in [5, 5.41) is 8.18. The minimum Gasteiger partial charge on any atom is -0.330 e. The lowest BCUT2D eigenvalue weighted by molar-refractivity contribution is 0.874. The monoisotopic (exact) mass is 270 g/mol. The van der Waals surface area contributed by atoms with Gasteiger partial charge in [0.15, 0.2) is 5.82 Å². The van der Waals surface area contributed by atoms with Crippen LogP contribution >= 0.6 is 23.2 Å². The van der Waals surface area contributed by atoms with Gasteiger partial charge in [-0.1, -0.05) is 23.2 Å². The van der Waals surface area contributed by atoms with Crippen molar-refractivity contribution in [1.29, 1.82) is 0 Å². The fraction of sp³-hybridized carbons (Fsp3) is 0.273. The van der Waals surface area contributed by atoms with E-state index in [4.69, 9.17) is 28.9 Å². The first-order valence-electron chi connectivity index (χ1n) is 5.22. The molecule has 0 aliphatic carbocycles. The Bertz CT molecular complexity index is 490. The van der Waals surface area contributed by atoms with E-state index < -0.39 is 0 Å². The molecule has 2 rings (SSSR count). The lowest BCUT2D eigenvalue weighted by Crippen LogP contribution is -2.04. The van der Waals surface area contributed by atoms with Crippen molar-refractivity contribution in [2.45, 2.75) is 12.8 Å². The smallest absolute Gasteiger partial charge is 0.151 e. The molecule has 0 radical (unpaired) electrons. The zero-order chi connectivity index (χ0) is 12.3. The Morgan fingerprint density at radius 3 is 2.53 bits per heavy atom. The van der Waals surface area contributed by atoms with Gasteiger partial charge in [-0.25, -0.2) is 4.98 Å². The van der Waals surface area contributed by atoms with E-state index in [-0.39, 0.29) is 0 Å². The highest BCUT2D eigenvalue weighted by atomic mass is 35.5. The molecule has 0 saturated carbocycles. The third-order valence-corrected chi connectivity index (χ3v) is 2.68. The summed E-state index contributed by atoms with van der Waals surface area (Å²) in [6.45, 7) is 0.542. The number of nitrogens with zero attached hydrogens (tertiary/aromatic N) is 2. The first-order chi connectivity index (χ1) is 8.17. The number of hydrogen-bond donors (Lipinski definition) is 2. The van der Waals surface area contributed by atoms with Crippen molar-refractivity contribution in [3.63, 3.8) is 0 Å². The predicted octanol–water partition coefficient (Wildman–Crippen LogP) is 2.20. The van der Waals surface area contributed by atoms with Crippen molar-refractivity contribution < 1.29 is 0 Å². The molecular formula is C11H12Cl2N4. The minimum atomic E-state index is 0.542. The number of nitrogens with one attached hydrogen (secondary N) is 1. The molecule has 2 aromatic rings. The van der Waals surface area contributed by atoms with Crippen LogP contribution in [-0.2, 0) is 12.8 Å². The van der Waals surface area contributed by atoms with Crippen LogP contribution in [-0.4, -0.2) is 21.7 Å². The van der Waals surface area contributed by atoms with Gasteiger partial charge in [0.1, 0.15) is 5.82 Å². The number of aromatic amines is 1. The molecule has 1 aromatic carbocycles. The third-order valence-electron chi connectivity index (χ3n) is 2.24. The number of halogens is 2. The van der Waals surface area contributed by atoms with Crippen LogP contribution in [0.5, 0.6) is 0 Å². The number of aromatic nitrogens is 3. The lowest BCUT2D eigenvalue weighted by Gasteiger charge is -2.00. The van der Waals surface area contributed by atoms with Gasteiger partial charge < -0.3 is 5.73 Å². The fourth-order valence-electron chi connectivity index (χ4n) is 1.56. The van der Waals surface area contributed by atoms with Gasteiger partial charge in [0.05, 0.1) is 0 Å². The van der Waals surface area contributed by atoms with Gasteiger partial charge in [0, 0.05) is 22.9 Å². The van der Waals surface area contributed by atoms with Crippen molar-refractivity contribution in [2.24, 2.45) is 5.73 Å². The van der Waals surface area contributed by atoms with E-state index in [1.54, 1.807) is 6.07 Å². The first kappa shape index (κ1) is 12.4. The Morgan fingerprint density at radius 1 is 1.18 bits per heavy atom. The van der Waals surface area contributed by atoms with Crippen molar-refractivity contribution in [3.05, 3.63) is 45.5 Å². The maximum absolute atomic E-state index is 5.92. The van der Waals surface area contributed by atoms with E-state index in [0.717, 1.165) is 17.2 Å². The second-order valence-electron chi connectivity index (χ2n) is 3.69. The fourth-order valence-corrected chi connectivity index (χ4v) is 2.13. The van der Waals surface area contributed by atoms with Crippen LogP contribution in [0.25, 0.3) is 0 Å². The Labute approximate surface area is 109 Å². The Kier molecular flexibility index (Phi) is 3.99. The third kappa shape index (κ3) is 3.43. The SMILES string of the molecule is NCCc1n[nH]c(Cc2cc(Cl)cc(Cl)c2)n1. The summed E-state index contributed by atoms with van der Waals surface area (Å²) in [7, 11) is 0. The molecule has 0 amide bonds. The van der Waals surface area contributed by atoms with E-state index in [1.807, 2.05) is 12.1 Å². The van der Waals surface area contributed by atoms with Crippen LogP contribution in [0.4, 0.5) is 0 Å². The van der Waals surface area contributed by atoms with Crippen LogP contribution in [0.1, 0.15) is 17.2 Å². The van der Waals surface area contributed by atoms with E-state index >= 15 is 0 Å². The molecule has 0 aliphatic rings. The van der Waals surface area contributed by atoms with Crippen LogP contribution in [0.3, 0.4) is 0 Å². The highest BCUT2D eigenvalue weighted by Gasteiger charge is 2.05. The van der Waals surface area contributed by atoms with E-state index in [0.29, 0.717) is 29.4 Å². The average Bonchev–Trinajstić information content (AvgIpc) is 2.64. The molecule has 6 heteroatoms. The van der Waals surface area contributed by atoms with Gasteiger partial charge in [-0.05, 0) is 30.3 Å². The quantitative estimate of drug-likeness (QED) is 0.895. The Balaban J connectivity index is 2.13. The second-order valence-corrected chi connectivity index (χ2v) is 4.56. The highest BCUT2D eigenvalue weighted by molar-refractivity contribution is 6.34. The molecule has 0 atom stereocenters. The molecule has 0 fully saturated rings. The van der Waals surface area contributed by atoms with Gasteiger partial charge >= 0.3 is 0 Å². The summed E-state index contributed by atoms with van der Waals surface area (Å²) in [4.78, 5) is 4.32. The summed E-state index contributed by atoms with van der Waals surface area (Å²) < 4.78 is 0. The molecule has 1 heterocycles. The topological polar surface area (TPSA) is 67.6 Å². The Morgan fingerprint density at radius 2 is 1.88 bits per heavy atom. The van der Waals surface area contributed by atoms with Gasteiger partial charge in [-0.3, -0.25) is 5.10 Å². The van der Waals surface area contributed by atoms with Crippen LogP contribution in [0.15, 0.2) is 18.2 Å². The van der Waals surface area contributed by atoms with Crippen LogP contribution in [0, 0.1) is 0 Å². The largest absolute Gasteiger partial charge is 0.330 e. The standard InChI is InChI=1S/C11H12Cl2N4/c12-8-3-7(4-9(13)6-8)5-11-15-10(1-2-14)16-17-11/h3-4,6H,1-2,5,14H2,(H,15,16,17). The molecule has 0 spiro atoms. The summed E-state index contributed by atoms with van der Waals surface area (Å²) in [5.74, 6) is 1.52. The number of hydrogen-bond acceptors (Lipinski definition) is 3. The molecule has 0 aliphatic heterocycles. The van der Waals surface area contributed by atoms with E-state index in [1.165, 1.54) is 0 Å². The zero-order valence-corrected chi connectivity index (χ0v) is 10.6. The molecule has 0 unspecified atom stereocenters. The second kappa shape index (κ2) is 5.49. The molecule has 3 N–H and O–H groups in total.